The van der Waals surface area contributed by atoms with Crippen LogP contribution in [0.4, 0.5) is 0 Å². The Bertz CT molecular complexity index is 482. The molecule has 1 aromatic carbocycles. The molecule has 0 aliphatic heterocycles. The zero-order valence-electron chi connectivity index (χ0n) is 8.34. The summed E-state index contributed by atoms with van der Waals surface area (Å²) in [6.45, 7) is -0.0449. The van der Waals surface area contributed by atoms with E-state index in [2.05, 4.69) is 4.98 Å². The molecule has 4 nitrogen and oxygen atoms in total. The SMILES string of the molecule is O=C(COc1cccc(Cl)c1)n1ccnc1. The first-order valence-corrected chi connectivity index (χ1v) is 5.03. The summed E-state index contributed by atoms with van der Waals surface area (Å²) in [5.74, 6) is 0.387. The van der Waals surface area contributed by atoms with Crippen molar-refractivity contribution >= 4 is 17.5 Å². The standard InChI is InChI=1S/C11H9ClN2O2/c12-9-2-1-3-10(6-9)16-7-11(15)14-5-4-13-8-14/h1-6,8H,7H2. The van der Waals surface area contributed by atoms with Crippen LogP contribution in [0.15, 0.2) is 43.0 Å². The van der Waals surface area contributed by atoms with Crippen molar-refractivity contribution in [3.8, 4) is 5.75 Å². The topological polar surface area (TPSA) is 44.1 Å². The highest BCUT2D eigenvalue weighted by molar-refractivity contribution is 6.30. The molecule has 0 atom stereocenters. The van der Waals surface area contributed by atoms with Crippen molar-refractivity contribution in [3.63, 3.8) is 0 Å². The Morgan fingerprint density at radius 2 is 2.38 bits per heavy atom. The lowest BCUT2D eigenvalue weighted by Gasteiger charge is -2.05. The molecule has 2 aromatic rings. The van der Waals surface area contributed by atoms with Crippen LogP contribution in [-0.4, -0.2) is 22.1 Å². The fourth-order valence-corrected chi connectivity index (χ4v) is 1.36. The molecule has 0 saturated carbocycles. The second-order valence-corrected chi connectivity index (χ2v) is 3.55. The Hall–Kier alpha value is -1.81. The van der Waals surface area contributed by atoms with Gasteiger partial charge in [0.15, 0.2) is 6.61 Å². The van der Waals surface area contributed by atoms with Crippen LogP contribution in [0.25, 0.3) is 0 Å². The normalized spacial score (nSPS) is 10.1. The van der Waals surface area contributed by atoms with Gasteiger partial charge in [-0.05, 0) is 18.2 Å². The van der Waals surface area contributed by atoms with E-state index in [1.165, 1.54) is 17.1 Å². The maximum absolute atomic E-state index is 11.5. The third kappa shape index (κ3) is 2.61. The second kappa shape index (κ2) is 4.81. The minimum Gasteiger partial charge on any atom is -0.484 e. The number of benzene rings is 1. The van der Waals surface area contributed by atoms with E-state index < -0.39 is 0 Å². The van der Waals surface area contributed by atoms with Crippen molar-refractivity contribution in [2.75, 3.05) is 6.61 Å². The molecule has 82 valence electrons. The van der Waals surface area contributed by atoms with Crippen molar-refractivity contribution < 1.29 is 9.53 Å². The van der Waals surface area contributed by atoms with Crippen LogP contribution in [0.5, 0.6) is 5.75 Å². The van der Waals surface area contributed by atoms with Gasteiger partial charge in [-0.3, -0.25) is 9.36 Å². The summed E-state index contributed by atoms with van der Waals surface area (Å²) in [4.78, 5) is 15.3. The van der Waals surface area contributed by atoms with Gasteiger partial charge in [-0.2, -0.15) is 0 Å². The second-order valence-electron chi connectivity index (χ2n) is 3.11. The molecule has 0 fully saturated rings. The van der Waals surface area contributed by atoms with E-state index in [1.807, 2.05) is 0 Å². The number of nitrogens with zero attached hydrogens (tertiary/aromatic N) is 2. The minimum absolute atomic E-state index is 0.0449. The van der Waals surface area contributed by atoms with Gasteiger partial charge >= 0.3 is 0 Å². The van der Waals surface area contributed by atoms with E-state index in [1.54, 1.807) is 30.5 Å². The van der Waals surface area contributed by atoms with Crippen LogP contribution in [-0.2, 0) is 0 Å². The fourth-order valence-electron chi connectivity index (χ4n) is 1.18. The van der Waals surface area contributed by atoms with E-state index in [0.717, 1.165) is 0 Å². The Kier molecular flexibility index (Phi) is 3.22. The van der Waals surface area contributed by atoms with E-state index in [9.17, 15) is 4.79 Å². The van der Waals surface area contributed by atoms with Gasteiger partial charge in [-0.1, -0.05) is 17.7 Å². The maximum atomic E-state index is 11.5. The summed E-state index contributed by atoms with van der Waals surface area (Å²) in [5.41, 5.74) is 0. The van der Waals surface area contributed by atoms with Crippen molar-refractivity contribution in [1.29, 1.82) is 0 Å². The summed E-state index contributed by atoms with van der Waals surface area (Å²) >= 11 is 5.78. The number of carbonyl (C=O) groups is 1. The van der Waals surface area contributed by atoms with Crippen LogP contribution in [0.1, 0.15) is 4.79 Å². The molecular weight excluding hydrogens is 228 g/mol. The number of rotatable bonds is 3. The van der Waals surface area contributed by atoms with Crippen LogP contribution in [0.3, 0.4) is 0 Å². The molecule has 0 bridgehead atoms. The highest BCUT2D eigenvalue weighted by Crippen LogP contribution is 2.16. The molecule has 0 N–H and O–H groups in total. The Labute approximate surface area is 97.4 Å². The monoisotopic (exact) mass is 236 g/mol. The number of carbonyl (C=O) groups excluding carboxylic acids is 1. The average Bonchev–Trinajstić information content (AvgIpc) is 2.79. The largest absolute Gasteiger partial charge is 0.484 e. The zero-order valence-corrected chi connectivity index (χ0v) is 9.09. The van der Waals surface area contributed by atoms with Crippen molar-refractivity contribution in [2.45, 2.75) is 0 Å². The molecule has 0 aliphatic carbocycles. The molecule has 0 amide bonds. The molecule has 1 heterocycles. The fraction of sp³-hybridized carbons (Fsp3) is 0.0909. The van der Waals surface area contributed by atoms with Crippen LogP contribution in [0.2, 0.25) is 5.02 Å². The first-order valence-electron chi connectivity index (χ1n) is 4.65. The minimum atomic E-state index is -0.183. The summed E-state index contributed by atoms with van der Waals surface area (Å²) in [6.07, 6.45) is 4.55. The lowest BCUT2D eigenvalue weighted by Crippen LogP contribution is -2.17. The summed E-state index contributed by atoms with van der Waals surface area (Å²) in [6, 6.07) is 6.90. The maximum Gasteiger partial charge on any atom is 0.269 e. The van der Waals surface area contributed by atoms with Gasteiger partial charge in [-0.25, -0.2) is 4.98 Å². The molecule has 0 spiro atoms. The van der Waals surface area contributed by atoms with Gasteiger partial charge < -0.3 is 4.74 Å². The molecule has 0 radical (unpaired) electrons. The van der Waals surface area contributed by atoms with Gasteiger partial charge in [0, 0.05) is 17.4 Å². The van der Waals surface area contributed by atoms with Crippen LogP contribution < -0.4 is 4.74 Å². The molecular formula is C11H9ClN2O2. The lowest BCUT2D eigenvalue weighted by molar-refractivity contribution is 0.0837. The quantitative estimate of drug-likeness (QED) is 0.821. The molecule has 16 heavy (non-hydrogen) atoms. The number of halogens is 1. The van der Waals surface area contributed by atoms with Gasteiger partial charge in [0.25, 0.3) is 5.91 Å². The van der Waals surface area contributed by atoms with Crippen molar-refractivity contribution in [3.05, 3.63) is 48.0 Å². The summed E-state index contributed by atoms with van der Waals surface area (Å²) < 4.78 is 6.66. The van der Waals surface area contributed by atoms with Crippen molar-refractivity contribution in [1.82, 2.24) is 9.55 Å². The van der Waals surface area contributed by atoms with Crippen LogP contribution >= 0.6 is 11.6 Å². The smallest absolute Gasteiger partial charge is 0.269 e. The predicted octanol–water partition coefficient (Wildman–Crippen LogP) is 2.26. The summed E-state index contributed by atoms with van der Waals surface area (Å²) in [5, 5.41) is 0.576. The molecule has 5 heteroatoms. The van der Waals surface area contributed by atoms with Gasteiger partial charge in [0.2, 0.25) is 0 Å². The molecule has 0 aliphatic rings. The number of imidazole rings is 1. The number of hydrogen-bond donors (Lipinski definition) is 0. The molecule has 0 saturated heterocycles. The Morgan fingerprint density at radius 1 is 1.50 bits per heavy atom. The highest BCUT2D eigenvalue weighted by atomic mass is 35.5. The van der Waals surface area contributed by atoms with E-state index >= 15 is 0 Å². The molecule has 1 aromatic heterocycles. The zero-order chi connectivity index (χ0) is 11.4. The molecule has 0 unspecified atom stereocenters. The third-order valence-electron chi connectivity index (χ3n) is 1.95. The summed E-state index contributed by atoms with van der Waals surface area (Å²) in [7, 11) is 0. The average molecular weight is 237 g/mol. The Balaban J connectivity index is 1.95. The Morgan fingerprint density at radius 3 is 3.06 bits per heavy atom. The highest BCUT2D eigenvalue weighted by Gasteiger charge is 2.04. The molecule has 2 rings (SSSR count). The van der Waals surface area contributed by atoms with E-state index in [-0.39, 0.29) is 12.5 Å². The van der Waals surface area contributed by atoms with Crippen LogP contribution in [0, 0.1) is 0 Å². The van der Waals surface area contributed by atoms with Gasteiger partial charge in [-0.15, -0.1) is 0 Å². The third-order valence-corrected chi connectivity index (χ3v) is 2.19. The number of aromatic nitrogens is 2. The first kappa shape index (κ1) is 10.7. The number of ether oxygens (including phenoxy) is 1. The van der Waals surface area contributed by atoms with Crippen molar-refractivity contribution in [2.24, 2.45) is 0 Å². The van der Waals surface area contributed by atoms with E-state index in [4.69, 9.17) is 16.3 Å². The first-order chi connectivity index (χ1) is 7.75. The van der Waals surface area contributed by atoms with Gasteiger partial charge in [0.1, 0.15) is 12.1 Å². The lowest BCUT2D eigenvalue weighted by atomic mass is 10.3. The number of hydrogen-bond acceptors (Lipinski definition) is 3. The van der Waals surface area contributed by atoms with Gasteiger partial charge in [0.05, 0.1) is 0 Å². The predicted molar refractivity (Wildman–Crippen MR) is 59.8 cm³/mol. The van der Waals surface area contributed by atoms with E-state index in [0.29, 0.717) is 10.8 Å².